The Bertz CT molecular complexity index is 1020. The lowest BCUT2D eigenvalue weighted by molar-refractivity contribution is -0.137. The fourth-order valence-electron chi connectivity index (χ4n) is 2.82. The molecule has 0 bridgehead atoms. The van der Waals surface area contributed by atoms with Crippen LogP contribution in [0.15, 0.2) is 42.5 Å². The molecule has 0 spiro atoms. The highest BCUT2D eigenvalue weighted by Gasteiger charge is 2.31. The highest BCUT2D eigenvalue weighted by molar-refractivity contribution is 6.31. The number of nitrogens with zero attached hydrogens (tertiary/aromatic N) is 1. The Balaban J connectivity index is 2.34. The first kappa shape index (κ1) is 18.2. The molecule has 0 unspecified atom stereocenters. The van der Waals surface area contributed by atoms with E-state index in [9.17, 15) is 18.0 Å². The fourth-order valence-corrected chi connectivity index (χ4v) is 2.99. The Hall–Kier alpha value is -2.60. The number of hydrogen-bond acceptors (Lipinski definition) is 3. The summed E-state index contributed by atoms with van der Waals surface area (Å²) in [5.74, 6) is -0.592. The number of alkyl halides is 3. The van der Waals surface area contributed by atoms with E-state index < -0.39 is 17.7 Å². The van der Waals surface area contributed by atoms with E-state index in [1.54, 1.807) is 25.1 Å². The predicted molar refractivity (Wildman–Crippen MR) is 93.3 cm³/mol. The lowest BCUT2D eigenvalue weighted by Gasteiger charge is -2.14. The molecule has 0 saturated carbocycles. The Morgan fingerprint density at radius 3 is 2.54 bits per heavy atom. The Labute approximate surface area is 152 Å². The van der Waals surface area contributed by atoms with Gasteiger partial charge in [0, 0.05) is 16.0 Å². The summed E-state index contributed by atoms with van der Waals surface area (Å²) in [7, 11) is 1.24. The molecule has 0 saturated heterocycles. The number of rotatable bonds is 2. The summed E-state index contributed by atoms with van der Waals surface area (Å²) in [4.78, 5) is 16.7. The van der Waals surface area contributed by atoms with Crippen LogP contribution in [0, 0.1) is 6.92 Å². The summed E-state index contributed by atoms with van der Waals surface area (Å²) in [5.41, 5.74) is 0.820. The van der Waals surface area contributed by atoms with E-state index in [-0.39, 0.29) is 16.8 Å². The average molecular weight is 380 g/mol. The molecule has 1 aromatic heterocycles. The zero-order valence-electron chi connectivity index (χ0n) is 13.8. The van der Waals surface area contributed by atoms with Crippen LogP contribution in [-0.4, -0.2) is 18.1 Å². The first-order valence-electron chi connectivity index (χ1n) is 7.58. The van der Waals surface area contributed by atoms with Gasteiger partial charge < -0.3 is 4.74 Å². The minimum Gasteiger partial charge on any atom is -0.465 e. The van der Waals surface area contributed by atoms with Crippen molar-refractivity contribution in [3.05, 3.63) is 64.2 Å². The Morgan fingerprint density at radius 2 is 1.88 bits per heavy atom. The topological polar surface area (TPSA) is 39.2 Å². The molecule has 2 aromatic carbocycles. The number of ether oxygens (including phenoxy) is 1. The Morgan fingerprint density at radius 1 is 1.15 bits per heavy atom. The van der Waals surface area contributed by atoms with Gasteiger partial charge in [-0.15, -0.1) is 0 Å². The largest absolute Gasteiger partial charge is 0.465 e. The summed E-state index contributed by atoms with van der Waals surface area (Å²) in [6.07, 6.45) is -4.48. The number of benzene rings is 2. The maximum Gasteiger partial charge on any atom is 0.416 e. The molecule has 3 rings (SSSR count). The molecule has 0 aliphatic carbocycles. The molecule has 3 nitrogen and oxygen atoms in total. The molecule has 0 N–H and O–H groups in total. The number of carbonyl (C=O) groups is 1. The van der Waals surface area contributed by atoms with Gasteiger partial charge in [0.25, 0.3) is 0 Å². The second kappa shape index (κ2) is 6.61. The van der Waals surface area contributed by atoms with Gasteiger partial charge in [-0.3, -0.25) is 0 Å². The normalized spacial score (nSPS) is 11.6. The van der Waals surface area contributed by atoms with Crippen molar-refractivity contribution in [3.8, 4) is 11.3 Å². The SMILES string of the molecule is COC(=O)c1c(C)c(-c2cccc(C(F)(F)F)c2)nc2cc(Cl)ccc12. The predicted octanol–water partition coefficient (Wildman–Crippen LogP) is 5.67. The van der Waals surface area contributed by atoms with E-state index in [1.165, 1.54) is 19.2 Å². The standard InChI is InChI=1S/C19H13ClF3NO2/c1-10-16(18(25)26-2)14-7-6-13(20)9-15(14)24-17(10)11-4-3-5-12(8-11)19(21,22)23/h3-9H,1-2H3. The van der Waals surface area contributed by atoms with Crippen LogP contribution in [0.1, 0.15) is 21.5 Å². The molecule has 1 heterocycles. The molecule has 0 aliphatic rings. The molecule has 0 atom stereocenters. The minimum absolute atomic E-state index is 0.251. The van der Waals surface area contributed by atoms with Gasteiger partial charge in [-0.2, -0.15) is 13.2 Å². The van der Waals surface area contributed by atoms with Crippen LogP contribution in [0.5, 0.6) is 0 Å². The third-order valence-corrected chi connectivity index (χ3v) is 4.28. The van der Waals surface area contributed by atoms with Crippen molar-refractivity contribution >= 4 is 28.5 Å². The summed E-state index contributed by atoms with van der Waals surface area (Å²) >= 11 is 6.00. The molecule has 7 heteroatoms. The lowest BCUT2D eigenvalue weighted by Crippen LogP contribution is -2.08. The molecule has 0 aliphatic heterocycles. The number of aromatic nitrogens is 1. The van der Waals surface area contributed by atoms with Crippen LogP contribution in [0.4, 0.5) is 13.2 Å². The van der Waals surface area contributed by atoms with Gasteiger partial charge >= 0.3 is 12.1 Å². The molecule has 0 amide bonds. The van der Waals surface area contributed by atoms with Crippen LogP contribution < -0.4 is 0 Å². The monoisotopic (exact) mass is 379 g/mol. The smallest absolute Gasteiger partial charge is 0.416 e. The summed E-state index contributed by atoms with van der Waals surface area (Å²) in [5, 5.41) is 0.925. The zero-order valence-corrected chi connectivity index (χ0v) is 14.6. The number of carbonyl (C=O) groups excluding carboxylic acids is 1. The van der Waals surface area contributed by atoms with Crippen LogP contribution in [0.3, 0.4) is 0 Å². The quantitative estimate of drug-likeness (QED) is 0.538. The average Bonchev–Trinajstić information content (AvgIpc) is 2.60. The third-order valence-electron chi connectivity index (χ3n) is 4.04. The van der Waals surface area contributed by atoms with Crippen LogP contribution in [0.2, 0.25) is 5.02 Å². The van der Waals surface area contributed by atoms with Gasteiger partial charge in [0.2, 0.25) is 0 Å². The molecule has 3 aromatic rings. The lowest BCUT2D eigenvalue weighted by atomic mass is 9.97. The number of hydrogen-bond donors (Lipinski definition) is 0. The van der Waals surface area contributed by atoms with E-state index in [0.717, 1.165) is 12.1 Å². The number of fused-ring (bicyclic) bond motifs is 1. The molecular weight excluding hydrogens is 367 g/mol. The van der Waals surface area contributed by atoms with Crippen molar-refractivity contribution in [2.75, 3.05) is 7.11 Å². The number of esters is 1. The van der Waals surface area contributed by atoms with E-state index in [4.69, 9.17) is 16.3 Å². The number of methoxy groups -OCH3 is 1. The van der Waals surface area contributed by atoms with E-state index >= 15 is 0 Å². The first-order valence-corrected chi connectivity index (χ1v) is 7.96. The highest BCUT2D eigenvalue weighted by atomic mass is 35.5. The van der Waals surface area contributed by atoms with Crippen LogP contribution >= 0.6 is 11.6 Å². The van der Waals surface area contributed by atoms with Crippen LogP contribution in [-0.2, 0) is 10.9 Å². The number of halogens is 4. The van der Waals surface area contributed by atoms with Crippen molar-refractivity contribution < 1.29 is 22.7 Å². The minimum atomic E-state index is -4.48. The summed E-state index contributed by atoms with van der Waals surface area (Å²) in [6.45, 7) is 1.63. The second-order valence-corrected chi connectivity index (χ2v) is 6.13. The van der Waals surface area contributed by atoms with Crippen molar-refractivity contribution in [2.45, 2.75) is 13.1 Å². The van der Waals surface area contributed by atoms with E-state index in [1.807, 2.05) is 0 Å². The molecule has 134 valence electrons. The molecule has 0 fully saturated rings. The van der Waals surface area contributed by atoms with Gasteiger partial charge in [-0.25, -0.2) is 9.78 Å². The van der Waals surface area contributed by atoms with Crippen molar-refractivity contribution in [1.82, 2.24) is 4.98 Å². The van der Waals surface area contributed by atoms with Gasteiger partial charge in [0.15, 0.2) is 0 Å². The van der Waals surface area contributed by atoms with Gasteiger partial charge in [-0.05, 0) is 36.8 Å². The highest BCUT2D eigenvalue weighted by Crippen LogP contribution is 2.35. The maximum atomic E-state index is 13.0. The van der Waals surface area contributed by atoms with E-state index in [2.05, 4.69) is 4.98 Å². The molecule has 0 radical (unpaired) electrons. The zero-order chi connectivity index (χ0) is 19.1. The Kier molecular flexibility index (Phi) is 4.63. The fraction of sp³-hybridized carbons (Fsp3) is 0.158. The van der Waals surface area contributed by atoms with Gasteiger partial charge in [0.1, 0.15) is 0 Å². The third kappa shape index (κ3) is 3.24. The maximum absolute atomic E-state index is 13.0. The van der Waals surface area contributed by atoms with Crippen molar-refractivity contribution in [3.63, 3.8) is 0 Å². The summed E-state index contributed by atoms with van der Waals surface area (Å²) < 4.78 is 44.0. The first-order chi connectivity index (χ1) is 12.2. The van der Waals surface area contributed by atoms with E-state index in [0.29, 0.717) is 21.5 Å². The number of pyridine rings is 1. The van der Waals surface area contributed by atoms with Gasteiger partial charge in [-0.1, -0.05) is 29.8 Å². The summed E-state index contributed by atoms with van der Waals surface area (Å²) in [6, 6.07) is 9.62. The van der Waals surface area contributed by atoms with Crippen molar-refractivity contribution in [1.29, 1.82) is 0 Å². The molecule has 26 heavy (non-hydrogen) atoms. The van der Waals surface area contributed by atoms with Crippen molar-refractivity contribution in [2.24, 2.45) is 0 Å². The van der Waals surface area contributed by atoms with Crippen LogP contribution in [0.25, 0.3) is 22.2 Å². The van der Waals surface area contributed by atoms with Gasteiger partial charge in [0.05, 0.1) is 29.4 Å². The molecular formula is C19H13ClF3NO2. The second-order valence-electron chi connectivity index (χ2n) is 5.69.